The molecule has 4 N–H and O–H groups in total. The van der Waals surface area contributed by atoms with Crippen LogP contribution >= 0.6 is 0 Å². The maximum absolute atomic E-state index is 12.1. The summed E-state index contributed by atoms with van der Waals surface area (Å²) in [5.74, 6) is 2.77. The van der Waals surface area contributed by atoms with Crippen molar-refractivity contribution in [3.05, 3.63) is 24.3 Å². The van der Waals surface area contributed by atoms with E-state index >= 15 is 0 Å². The number of amides is 2. The summed E-state index contributed by atoms with van der Waals surface area (Å²) >= 11 is 0. The molecular weight excluding hydrogens is 274 g/mol. The van der Waals surface area contributed by atoms with Gasteiger partial charge in [0.2, 0.25) is 0 Å². The van der Waals surface area contributed by atoms with Gasteiger partial charge in [0, 0.05) is 17.9 Å². The van der Waals surface area contributed by atoms with E-state index in [-0.39, 0.29) is 6.03 Å². The summed E-state index contributed by atoms with van der Waals surface area (Å²) in [6, 6.07) is 7.17. The monoisotopic (exact) mass is 299 g/mol. The van der Waals surface area contributed by atoms with Crippen molar-refractivity contribution in [1.82, 2.24) is 5.32 Å². The fourth-order valence-corrected chi connectivity index (χ4v) is 5.52. The lowest BCUT2D eigenvalue weighted by atomic mass is 9.49. The summed E-state index contributed by atoms with van der Waals surface area (Å²) in [7, 11) is 0. The molecule has 118 valence electrons. The fraction of sp³-hybridized carbons (Fsp3) is 0.611. The topological polar surface area (TPSA) is 67.1 Å². The number of carbonyl (C=O) groups excluding carboxylic acids is 1. The maximum Gasteiger partial charge on any atom is 0.319 e. The number of urea groups is 1. The smallest absolute Gasteiger partial charge is 0.319 e. The van der Waals surface area contributed by atoms with Crippen LogP contribution in [0, 0.1) is 23.2 Å². The number of nitrogen functional groups attached to an aromatic ring is 1. The molecule has 0 atom stereocenters. The molecule has 4 aliphatic rings. The first-order chi connectivity index (χ1) is 10.6. The molecule has 0 aromatic heterocycles. The van der Waals surface area contributed by atoms with E-state index in [0.717, 1.165) is 30.0 Å². The maximum atomic E-state index is 12.1. The second-order valence-electron chi connectivity index (χ2n) is 7.85. The van der Waals surface area contributed by atoms with E-state index in [9.17, 15) is 4.79 Å². The van der Waals surface area contributed by atoms with Crippen LogP contribution in [-0.4, -0.2) is 12.6 Å². The van der Waals surface area contributed by atoms with Gasteiger partial charge in [-0.05, 0) is 86.0 Å². The molecule has 1 aromatic carbocycles. The molecule has 0 heterocycles. The zero-order chi connectivity index (χ0) is 15.2. The van der Waals surface area contributed by atoms with Gasteiger partial charge in [0.1, 0.15) is 0 Å². The number of rotatable bonds is 3. The van der Waals surface area contributed by atoms with Gasteiger partial charge in [-0.3, -0.25) is 0 Å². The molecule has 22 heavy (non-hydrogen) atoms. The zero-order valence-corrected chi connectivity index (χ0v) is 13.0. The summed E-state index contributed by atoms with van der Waals surface area (Å²) in [4.78, 5) is 12.1. The lowest BCUT2D eigenvalue weighted by Gasteiger charge is -2.56. The van der Waals surface area contributed by atoms with Crippen molar-refractivity contribution in [2.75, 3.05) is 17.6 Å². The number of anilines is 2. The van der Waals surface area contributed by atoms with Crippen molar-refractivity contribution in [2.24, 2.45) is 23.2 Å². The number of hydrogen-bond donors (Lipinski definition) is 3. The van der Waals surface area contributed by atoms with Crippen LogP contribution in [0.5, 0.6) is 0 Å². The Morgan fingerprint density at radius 2 is 1.59 bits per heavy atom. The number of nitrogens with two attached hydrogens (primary N) is 1. The van der Waals surface area contributed by atoms with Crippen LogP contribution in [0.2, 0.25) is 0 Å². The fourth-order valence-electron chi connectivity index (χ4n) is 5.52. The summed E-state index contributed by atoms with van der Waals surface area (Å²) < 4.78 is 0. The van der Waals surface area contributed by atoms with Crippen LogP contribution in [-0.2, 0) is 0 Å². The largest absolute Gasteiger partial charge is 0.399 e. The molecule has 0 aliphatic heterocycles. The molecule has 4 saturated carbocycles. The van der Waals surface area contributed by atoms with E-state index in [1.54, 1.807) is 12.1 Å². The van der Waals surface area contributed by atoms with Gasteiger partial charge < -0.3 is 16.4 Å². The second-order valence-corrected chi connectivity index (χ2v) is 7.85. The number of benzene rings is 1. The first-order valence-corrected chi connectivity index (χ1v) is 8.51. The molecule has 2 amide bonds. The molecule has 0 radical (unpaired) electrons. The average Bonchev–Trinajstić information content (AvgIpc) is 2.46. The summed E-state index contributed by atoms with van der Waals surface area (Å²) in [5.41, 5.74) is 7.54. The van der Waals surface area contributed by atoms with E-state index in [4.69, 9.17) is 5.73 Å². The molecule has 4 fully saturated rings. The number of carbonyl (C=O) groups is 1. The Kier molecular flexibility index (Phi) is 3.28. The van der Waals surface area contributed by atoms with Crippen LogP contribution in [0.4, 0.5) is 16.2 Å². The highest BCUT2D eigenvalue weighted by molar-refractivity contribution is 5.89. The van der Waals surface area contributed by atoms with Gasteiger partial charge >= 0.3 is 6.03 Å². The van der Waals surface area contributed by atoms with Crippen molar-refractivity contribution in [2.45, 2.75) is 38.5 Å². The van der Waals surface area contributed by atoms with Gasteiger partial charge in [0.25, 0.3) is 0 Å². The molecule has 4 nitrogen and oxygen atoms in total. The quantitative estimate of drug-likeness (QED) is 0.746. The summed E-state index contributed by atoms with van der Waals surface area (Å²) in [5, 5.41) is 6.02. The number of hydrogen-bond acceptors (Lipinski definition) is 2. The lowest BCUT2D eigenvalue weighted by Crippen LogP contribution is -2.51. The third-order valence-corrected chi connectivity index (χ3v) is 5.96. The zero-order valence-electron chi connectivity index (χ0n) is 13.0. The highest BCUT2D eigenvalue weighted by Gasteiger charge is 2.50. The molecular formula is C18H25N3O. The van der Waals surface area contributed by atoms with Crippen molar-refractivity contribution in [3.63, 3.8) is 0 Å². The predicted octanol–water partition coefficient (Wildman–Crippen LogP) is 3.61. The summed E-state index contributed by atoms with van der Waals surface area (Å²) in [6.07, 6.45) is 8.29. The number of nitrogens with one attached hydrogen (secondary N) is 2. The van der Waals surface area contributed by atoms with Crippen molar-refractivity contribution >= 4 is 17.4 Å². The molecule has 1 aromatic rings. The van der Waals surface area contributed by atoms with E-state index in [2.05, 4.69) is 10.6 Å². The van der Waals surface area contributed by atoms with Gasteiger partial charge in [-0.2, -0.15) is 0 Å². The van der Waals surface area contributed by atoms with Gasteiger partial charge in [-0.1, -0.05) is 0 Å². The highest BCUT2D eigenvalue weighted by atomic mass is 16.2. The first kappa shape index (κ1) is 13.9. The van der Waals surface area contributed by atoms with Crippen LogP contribution in [0.1, 0.15) is 38.5 Å². The molecule has 4 heteroatoms. The third-order valence-electron chi connectivity index (χ3n) is 5.96. The minimum Gasteiger partial charge on any atom is -0.399 e. The Bertz CT molecular complexity index is 531. The molecule has 4 aliphatic carbocycles. The second kappa shape index (κ2) is 5.18. The van der Waals surface area contributed by atoms with Crippen LogP contribution in [0.15, 0.2) is 24.3 Å². The van der Waals surface area contributed by atoms with Crippen molar-refractivity contribution in [3.8, 4) is 0 Å². The Morgan fingerprint density at radius 1 is 1.05 bits per heavy atom. The standard InChI is InChI=1S/C18H25N3O/c19-15-1-3-16(4-2-15)21-17(22)20-11-18-8-12-5-13(9-18)7-14(6-12)10-18/h1-4,12-14H,5-11,19H2,(H2,20,21,22). The molecule has 0 spiro atoms. The van der Waals surface area contributed by atoms with Gasteiger partial charge in [-0.25, -0.2) is 4.79 Å². The first-order valence-electron chi connectivity index (χ1n) is 8.51. The van der Waals surface area contributed by atoms with Gasteiger partial charge in [-0.15, -0.1) is 0 Å². The van der Waals surface area contributed by atoms with Crippen molar-refractivity contribution < 1.29 is 4.79 Å². The van der Waals surface area contributed by atoms with E-state index in [1.165, 1.54) is 38.5 Å². The molecule has 0 saturated heterocycles. The normalized spacial score (nSPS) is 35.4. The Balaban J connectivity index is 1.34. The summed E-state index contributed by atoms with van der Waals surface area (Å²) in [6.45, 7) is 0.831. The van der Waals surface area contributed by atoms with E-state index < -0.39 is 0 Å². The molecule has 0 unspecified atom stereocenters. The van der Waals surface area contributed by atoms with Gasteiger partial charge in [0.15, 0.2) is 0 Å². The SMILES string of the molecule is Nc1ccc(NC(=O)NCC23CC4CC(CC(C4)C2)C3)cc1. The predicted molar refractivity (Wildman–Crippen MR) is 88.5 cm³/mol. The molecule has 4 bridgehead atoms. The van der Waals surface area contributed by atoms with Crippen LogP contribution in [0.3, 0.4) is 0 Å². The Labute approximate surface area is 131 Å². The minimum atomic E-state index is -0.0967. The Hall–Kier alpha value is -1.71. The van der Waals surface area contributed by atoms with Crippen LogP contribution in [0.25, 0.3) is 0 Å². The minimum absolute atomic E-state index is 0.0967. The molecule has 5 rings (SSSR count). The average molecular weight is 299 g/mol. The van der Waals surface area contributed by atoms with E-state index in [1.807, 2.05) is 12.1 Å². The highest BCUT2D eigenvalue weighted by Crippen LogP contribution is 2.59. The van der Waals surface area contributed by atoms with E-state index in [0.29, 0.717) is 11.1 Å². The third kappa shape index (κ3) is 2.67. The Morgan fingerprint density at radius 3 is 2.14 bits per heavy atom. The van der Waals surface area contributed by atoms with Crippen molar-refractivity contribution in [1.29, 1.82) is 0 Å². The van der Waals surface area contributed by atoms with Gasteiger partial charge in [0.05, 0.1) is 0 Å². The lowest BCUT2D eigenvalue weighted by molar-refractivity contribution is -0.0496. The van der Waals surface area contributed by atoms with Crippen LogP contribution < -0.4 is 16.4 Å².